The molecule has 1 fully saturated rings. The van der Waals surface area contributed by atoms with E-state index in [4.69, 9.17) is 4.74 Å². The van der Waals surface area contributed by atoms with Crippen molar-refractivity contribution in [1.82, 2.24) is 5.32 Å². The van der Waals surface area contributed by atoms with E-state index in [2.05, 4.69) is 5.32 Å². The van der Waals surface area contributed by atoms with Crippen molar-refractivity contribution in [2.24, 2.45) is 5.92 Å². The molecule has 0 unspecified atom stereocenters. The molecule has 0 bridgehead atoms. The van der Waals surface area contributed by atoms with E-state index < -0.39 is 17.6 Å². The Balaban J connectivity index is 2.03. The number of rotatable bonds is 3. The fourth-order valence-corrected chi connectivity index (χ4v) is 3.53. The van der Waals surface area contributed by atoms with Crippen LogP contribution in [0.2, 0.25) is 0 Å². The minimum absolute atomic E-state index is 0.0486. The molecule has 1 saturated heterocycles. The summed E-state index contributed by atoms with van der Waals surface area (Å²) in [6.45, 7) is 5.59. The highest BCUT2D eigenvalue weighted by molar-refractivity contribution is 5.84. The summed E-state index contributed by atoms with van der Waals surface area (Å²) in [5.74, 6) is -1.02. The molecule has 0 spiro atoms. The highest BCUT2D eigenvalue weighted by Gasteiger charge is 2.44. The second-order valence-corrected chi connectivity index (χ2v) is 7.74. The molecule has 1 aliphatic rings. The molecule has 3 rings (SSSR count). The molecule has 0 radical (unpaired) electrons. The molecule has 0 aliphatic carbocycles. The van der Waals surface area contributed by atoms with E-state index in [1.165, 1.54) is 0 Å². The Hall–Kier alpha value is -2.62. The number of ether oxygens (including phenoxy) is 1. The monoisotopic (exact) mass is 351 g/mol. The van der Waals surface area contributed by atoms with Crippen molar-refractivity contribution in [2.75, 3.05) is 0 Å². The summed E-state index contributed by atoms with van der Waals surface area (Å²) in [7, 11) is 0. The molecule has 4 nitrogen and oxygen atoms in total. The minimum atomic E-state index is -0.582. The maximum atomic E-state index is 13.1. The van der Waals surface area contributed by atoms with E-state index >= 15 is 0 Å². The second kappa shape index (κ2) is 7.32. The van der Waals surface area contributed by atoms with Crippen LogP contribution < -0.4 is 5.32 Å². The quantitative estimate of drug-likeness (QED) is 0.851. The summed E-state index contributed by atoms with van der Waals surface area (Å²) in [6, 6.07) is 19.0. The third kappa shape index (κ3) is 4.13. The molecule has 1 heterocycles. The van der Waals surface area contributed by atoms with Gasteiger partial charge in [0.15, 0.2) is 0 Å². The van der Waals surface area contributed by atoms with Gasteiger partial charge in [-0.25, -0.2) is 0 Å². The van der Waals surface area contributed by atoms with Crippen molar-refractivity contribution in [2.45, 2.75) is 44.8 Å². The number of esters is 1. The van der Waals surface area contributed by atoms with Gasteiger partial charge in [-0.3, -0.25) is 9.59 Å². The molecule has 4 heteroatoms. The van der Waals surface area contributed by atoms with Crippen molar-refractivity contribution in [1.29, 1.82) is 0 Å². The third-order valence-corrected chi connectivity index (χ3v) is 4.58. The molecular formula is C22H25NO3. The number of carbonyl (C=O) groups is 2. The van der Waals surface area contributed by atoms with Gasteiger partial charge in [0.2, 0.25) is 5.91 Å². The highest BCUT2D eigenvalue weighted by atomic mass is 16.6. The minimum Gasteiger partial charge on any atom is -0.460 e. The lowest BCUT2D eigenvalue weighted by molar-refractivity contribution is -0.163. The summed E-state index contributed by atoms with van der Waals surface area (Å²) < 4.78 is 5.73. The predicted octanol–water partition coefficient (Wildman–Crippen LogP) is 3.99. The van der Waals surface area contributed by atoms with Crippen LogP contribution in [0.5, 0.6) is 0 Å². The highest BCUT2D eigenvalue weighted by Crippen LogP contribution is 2.41. The van der Waals surface area contributed by atoms with Crippen LogP contribution >= 0.6 is 0 Å². The molecule has 0 aromatic heterocycles. The van der Waals surface area contributed by atoms with Crippen LogP contribution in [0.4, 0.5) is 0 Å². The van der Waals surface area contributed by atoms with Gasteiger partial charge in [-0.15, -0.1) is 0 Å². The van der Waals surface area contributed by atoms with Crippen molar-refractivity contribution in [3.05, 3.63) is 71.8 Å². The van der Waals surface area contributed by atoms with Crippen LogP contribution in [0.1, 0.15) is 50.3 Å². The van der Waals surface area contributed by atoms with Gasteiger partial charge in [0.05, 0.1) is 12.0 Å². The van der Waals surface area contributed by atoms with Gasteiger partial charge in [-0.05, 0) is 31.9 Å². The van der Waals surface area contributed by atoms with E-state index in [9.17, 15) is 9.59 Å². The van der Waals surface area contributed by atoms with Gasteiger partial charge >= 0.3 is 5.97 Å². The van der Waals surface area contributed by atoms with Gasteiger partial charge in [-0.2, -0.15) is 0 Å². The van der Waals surface area contributed by atoms with Gasteiger partial charge in [-0.1, -0.05) is 60.7 Å². The maximum Gasteiger partial charge on any atom is 0.312 e. The Morgan fingerprint density at radius 1 is 0.962 bits per heavy atom. The zero-order valence-corrected chi connectivity index (χ0v) is 15.4. The summed E-state index contributed by atoms with van der Waals surface area (Å²) in [6.07, 6.45) is 0.275. The lowest BCUT2D eigenvalue weighted by Crippen LogP contribution is -2.47. The first-order valence-corrected chi connectivity index (χ1v) is 8.97. The summed E-state index contributed by atoms with van der Waals surface area (Å²) >= 11 is 0. The van der Waals surface area contributed by atoms with Crippen molar-refractivity contribution in [3.63, 3.8) is 0 Å². The third-order valence-electron chi connectivity index (χ3n) is 4.58. The number of nitrogens with one attached hydrogen (secondary N) is 1. The normalized spacial score (nSPS) is 23.2. The van der Waals surface area contributed by atoms with Gasteiger partial charge in [0.1, 0.15) is 5.60 Å². The van der Waals surface area contributed by atoms with Gasteiger partial charge in [0, 0.05) is 12.3 Å². The van der Waals surface area contributed by atoms with Crippen molar-refractivity contribution in [3.8, 4) is 0 Å². The first-order chi connectivity index (χ1) is 12.3. The average molecular weight is 351 g/mol. The number of amides is 1. The van der Waals surface area contributed by atoms with Crippen LogP contribution in [0.15, 0.2) is 60.7 Å². The molecule has 1 amide bonds. The van der Waals surface area contributed by atoms with Crippen LogP contribution in [0.25, 0.3) is 0 Å². The standard InChI is InChI=1S/C22H25NO3/c1-22(2,3)26-21(25)19-17(15-10-6-4-7-11-15)14-18(24)23-20(19)16-12-8-5-9-13-16/h4-13,17,19-20H,14H2,1-3H3,(H,23,24)/t17-,19-,20-/m0/s1. The Labute approximate surface area is 154 Å². The van der Waals surface area contributed by atoms with Crippen LogP contribution in [-0.4, -0.2) is 17.5 Å². The number of piperidine rings is 1. The number of benzene rings is 2. The van der Waals surface area contributed by atoms with Gasteiger partial charge < -0.3 is 10.1 Å². The van der Waals surface area contributed by atoms with E-state index in [1.54, 1.807) is 0 Å². The number of hydrogen-bond acceptors (Lipinski definition) is 3. The average Bonchev–Trinajstić information content (AvgIpc) is 2.61. The SMILES string of the molecule is CC(C)(C)OC(=O)[C@H]1[C@H](c2ccccc2)CC(=O)N[C@H]1c1ccccc1. The summed E-state index contributed by atoms with van der Waals surface area (Å²) in [5, 5.41) is 3.01. The molecule has 26 heavy (non-hydrogen) atoms. The van der Waals surface area contributed by atoms with Crippen LogP contribution in [-0.2, 0) is 14.3 Å². The zero-order valence-electron chi connectivity index (χ0n) is 15.4. The Morgan fingerprint density at radius 3 is 2.04 bits per heavy atom. The van der Waals surface area contributed by atoms with Crippen molar-refractivity contribution >= 4 is 11.9 Å². The largest absolute Gasteiger partial charge is 0.460 e. The van der Waals surface area contributed by atoms with Gasteiger partial charge in [0.25, 0.3) is 0 Å². The summed E-state index contributed by atoms with van der Waals surface area (Å²) in [4.78, 5) is 25.5. The molecule has 0 saturated carbocycles. The Morgan fingerprint density at radius 2 is 1.50 bits per heavy atom. The maximum absolute atomic E-state index is 13.1. The Kier molecular flexibility index (Phi) is 5.12. The van der Waals surface area contributed by atoms with Crippen LogP contribution in [0.3, 0.4) is 0 Å². The smallest absolute Gasteiger partial charge is 0.312 e. The first-order valence-electron chi connectivity index (χ1n) is 8.97. The van der Waals surface area contributed by atoms with E-state index in [1.807, 2.05) is 81.4 Å². The second-order valence-electron chi connectivity index (χ2n) is 7.74. The van der Waals surface area contributed by atoms with Crippen LogP contribution in [0, 0.1) is 5.92 Å². The first kappa shape index (κ1) is 18.2. The Bertz CT molecular complexity index is 713. The molecular weight excluding hydrogens is 326 g/mol. The van der Waals surface area contributed by atoms with E-state index in [0.717, 1.165) is 11.1 Å². The lowest BCUT2D eigenvalue weighted by atomic mass is 9.74. The predicted molar refractivity (Wildman–Crippen MR) is 100 cm³/mol. The van der Waals surface area contributed by atoms with E-state index in [-0.39, 0.29) is 24.2 Å². The van der Waals surface area contributed by atoms with E-state index in [0.29, 0.717) is 0 Å². The number of hydrogen-bond donors (Lipinski definition) is 1. The topological polar surface area (TPSA) is 55.4 Å². The lowest BCUT2D eigenvalue weighted by Gasteiger charge is -2.38. The zero-order chi connectivity index (χ0) is 18.7. The molecule has 2 aromatic carbocycles. The fourth-order valence-electron chi connectivity index (χ4n) is 3.53. The molecule has 3 atom stereocenters. The summed E-state index contributed by atoms with van der Waals surface area (Å²) in [5.41, 5.74) is 1.32. The van der Waals surface area contributed by atoms with Crippen molar-refractivity contribution < 1.29 is 14.3 Å². The number of carbonyl (C=O) groups excluding carboxylic acids is 2. The molecule has 136 valence electrons. The molecule has 2 aromatic rings. The molecule has 1 aliphatic heterocycles. The molecule has 1 N–H and O–H groups in total. The fraction of sp³-hybridized carbons (Fsp3) is 0.364.